The lowest BCUT2D eigenvalue weighted by molar-refractivity contribution is 0.675. The van der Waals surface area contributed by atoms with Crippen LogP contribution in [-0.2, 0) is 0 Å². The van der Waals surface area contributed by atoms with Gasteiger partial charge in [-0.15, -0.1) is 6.58 Å². The molecule has 0 amide bonds. The van der Waals surface area contributed by atoms with Gasteiger partial charge in [0.15, 0.2) is 0 Å². The molecule has 1 unspecified atom stereocenters. The fourth-order valence-electron chi connectivity index (χ4n) is 1.59. The Balaban J connectivity index is 2.82. The standard InChI is InChI=1S/C12H18N2/c1-5-6-7-9(2)12-8-10(3)13-14-11(12)4/h5,8-9H,1,6-7H2,2-4H3. The van der Waals surface area contributed by atoms with Gasteiger partial charge in [0.1, 0.15) is 0 Å². The number of hydrogen-bond acceptors (Lipinski definition) is 2. The summed E-state index contributed by atoms with van der Waals surface area (Å²) in [7, 11) is 0. The third-order valence-corrected chi connectivity index (χ3v) is 2.47. The summed E-state index contributed by atoms with van der Waals surface area (Å²) < 4.78 is 0. The van der Waals surface area contributed by atoms with Gasteiger partial charge in [-0.25, -0.2) is 0 Å². The van der Waals surface area contributed by atoms with Crippen LogP contribution in [0.5, 0.6) is 0 Å². The van der Waals surface area contributed by atoms with Gasteiger partial charge in [0.05, 0.1) is 11.4 Å². The quantitative estimate of drug-likeness (QED) is 0.681. The fraction of sp³-hybridized carbons (Fsp3) is 0.500. The summed E-state index contributed by atoms with van der Waals surface area (Å²) in [4.78, 5) is 0. The molecule has 1 aromatic heterocycles. The van der Waals surface area contributed by atoms with Crippen LogP contribution in [0.15, 0.2) is 18.7 Å². The zero-order chi connectivity index (χ0) is 10.6. The number of aromatic nitrogens is 2. The fourth-order valence-corrected chi connectivity index (χ4v) is 1.59. The molecule has 0 saturated carbocycles. The number of hydrogen-bond donors (Lipinski definition) is 0. The Hall–Kier alpha value is -1.18. The third kappa shape index (κ3) is 2.66. The van der Waals surface area contributed by atoms with Crippen molar-refractivity contribution >= 4 is 0 Å². The van der Waals surface area contributed by atoms with Crippen molar-refractivity contribution in [1.82, 2.24) is 10.2 Å². The molecular weight excluding hydrogens is 172 g/mol. The molecule has 0 fully saturated rings. The Bertz CT molecular complexity index is 318. The van der Waals surface area contributed by atoms with Gasteiger partial charge in [-0.2, -0.15) is 10.2 Å². The molecule has 1 aromatic rings. The van der Waals surface area contributed by atoms with Crippen LogP contribution in [0, 0.1) is 13.8 Å². The lowest BCUT2D eigenvalue weighted by Crippen LogP contribution is -2.01. The summed E-state index contributed by atoms with van der Waals surface area (Å²) in [5, 5.41) is 8.16. The molecule has 0 N–H and O–H groups in total. The monoisotopic (exact) mass is 190 g/mol. The minimum absolute atomic E-state index is 0.544. The van der Waals surface area contributed by atoms with E-state index in [0.717, 1.165) is 24.2 Å². The van der Waals surface area contributed by atoms with Crippen molar-refractivity contribution in [2.24, 2.45) is 0 Å². The average molecular weight is 190 g/mol. The molecular formula is C12H18N2. The van der Waals surface area contributed by atoms with Gasteiger partial charge in [0.2, 0.25) is 0 Å². The van der Waals surface area contributed by atoms with Crippen LogP contribution < -0.4 is 0 Å². The van der Waals surface area contributed by atoms with E-state index in [0.29, 0.717) is 5.92 Å². The van der Waals surface area contributed by atoms with Crippen molar-refractivity contribution in [2.75, 3.05) is 0 Å². The average Bonchev–Trinajstić information content (AvgIpc) is 2.18. The highest BCUT2D eigenvalue weighted by atomic mass is 15.1. The van der Waals surface area contributed by atoms with E-state index in [2.05, 4.69) is 29.8 Å². The lowest BCUT2D eigenvalue weighted by atomic mass is 9.95. The Morgan fingerprint density at radius 3 is 2.79 bits per heavy atom. The summed E-state index contributed by atoms with van der Waals surface area (Å²) >= 11 is 0. The maximum Gasteiger partial charge on any atom is 0.0635 e. The summed E-state index contributed by atoms with van der Waals surface area (Å²) in [6.07, 6.45) is 4.16. The molecule has 2 nitrogen and oxygen atoms in total. The van der Waals surface area contributed by atoms with E-state index >= 15 is 0 Å². The van der Waals surface area contributed by atoms with Gasteiger partial charge in [0, 0.05) is 0 Å². The highest BCUT2D eigenvalue weighted by molar-refractivity contribution is 5.23. The predicted molar refractivity (Wildman–Crippen MR) is 59.4 cm³/mol. The van der Waals surface area contributed by atoms with E-state index in [1.165, 1.54) is 5.56 Å². The molecule has 0 bridgehead atoms. The molecule has 1 heterocycles. The zero-order valence-corrected chi connectivity index (χ0v) is 9.25. The van der Waals surface area contributed by atoms with E-state index in [1.807, 2.05) is 19.9 Å². The lowest BCUT2D eigenvalue weighted by Gasteiger charge is -2.12. The third-order valence-electron chi connectivity index (χ3n) is 2.47. The second kappa shape index (κ2) is 4.89. The van der Waals surface area contributed by atoms with Crippen LogP contribution in [0.4, 0.5) is 0 Å². The minimum atomic E-state index is 0.544. The Morgan fingerprint density at radius 2 is 2.14 bits per heavy atom. The van der Waals surface area contributed by atoms with E-state index in [9.17, 15) is 0 Å². The molecule has 1 atom stereocenters. The van der Waals surface area contributed by atoms with Gasteiger partial charge < -0.3 is 0 Å². The van der Waals surface area contributed by atoms with Crippen LogP contribution >= 0.6 is 0 Å². The second-order valence-electron chi connectivity index (χ2n) is 3.79. The normalized spacial score (nSPS) is 12.5. The maximum atomic E-state index is 4.13. The van der Waals surface area contributed by atoms with Gasteiger partial charge in [0.25, 0.3) is 0 Å². The van der Waals surface area contributed by atoms with E-state index < -0.39 is 0 Å². The molecule has 0 radical (unpaired) electrons. The van der Waals surface area contributed by atoms with Crippen molar-refractivity contribution < 1.29 is 0 Å². The van der Waals surface area contributed by atoms with Crippen LogP contribution in [0.1, 0.15) is 42.6 Å². The van der Waals surface area contributed by atoms with Gasteiger partial charge in [-0.05, 0) is 44.2 Å². The van der Waals surface area contributed by atoms with Crippen LogP contribution in [0.25, 0.3) is 0 Å². The predicted octanol–water partition coefficient (Wildman–Crippen LogP) is 3.16. The SMILES string of the molecule is C=CCCC(C)c1cc(C)nnc1C. The van der Waals surface area contributed by atoms with Gasteiger partial charge in [-0.3, -0.25) is 0 Å². The van der Waals surface area contributed by atoms with E-state index in [-0.39, 0.29) is 0 Å². The van der Waals surface area contributed by atoms with Gasteiger partial charge >= 0.3 is 0 Å². The highest BCUT2D eigenvalue weighted by Crippen LogP contribution is 2.22. The second-order valence-corrected chi connectivity index (χ2v) is 3.79. The Morgan fingerprint density at radius 1 is 1.43 bits per heavy atom. The summed E-state index contributed by atoms with van der Waals surface area (Å²) in [6.45, 7) is 9.97. The van der Waals surface area contributed by atoms with E-state index in [1.54, 1.807) is 0 Å². The first-order chi connectivity index (χ1) is 6.65. The van der Waals surface area contributed by atoms with Crippen molar-refractivity contribution in [3.05, 3.63) is 35.7 Å². The maximum absolute atomic E-state index is 4.13. The number of rotatable bonds is 4. The topological polar surface area (TPSA) is 25.8 Å². The Kier molecular flexibility index (Phi) is 3.81. The smallest absolute Gasteiger partial charge is 0.0635 e. The van der Waals surface area contributed by atoms with Crippen molar-refractivity contribution in [2.45, 2.75) is 39.5 Å². The van der Waals surface area contributed by atoms with E-state index in [4.69, 9.17) is 0 Å². The van der Waals surface area contributed by atoms with Crippen molar-refractivity contribution in [1.29, 1.82) is 0 Å². The van der Waals surface area contributed by atoms with Crippen LogP contribution in [-0.4, -0.2) is 10.2 Å². The van der Waals surface area contributed by atoms with Crippen molar-refractivity contribution in [3.8, 4) is 0 Å². The molecule has 0 saturated heterocycles. The summed E-state index contributed by atoms with van der Waals surface area (Å²) in [5.41, 5.74) is 3.36. The largest absolute Gasteiger partial charge is 0.156 e. The van der Waals surface area contributed by atoms with Crippen LogP contribution in [0.2, 0.25) is 0 Å². The first-order valence-electron chi connectivity index (χ1n) is 5.07. The number of allylic oxidation sites excluding steroid dienone is 1. The highest BCUT2D eigenvalue weighted by Gasteiger charge is 2.09. The Labute approximate surface area is 86.1 Å². The zero-order valence-electron chi connectivity index (χ0n) is 9.25. The van der Waals surface area contributed by atoms with Crippen LogP contribution in [0.3, 0.4) is 0 Å². The molecule has 0 aromatic carbocycles. The van der Waals surface area contributed by atoms with Crippen molar-refractivity contribution in [3.63, 3.8) is 0 Å². The molecule has 0 aliphatic carbocycles. The molecule has 76 valence electrons. The number of nitrogens with zero attached hydrogens (tertiary/aromatic N) is 2. The minimum Gasteiger partial charge on any atom is -0.156 e. The molecule has 14 heavy (non-hydrogen) atoms. The molecule has 0 spiro atoms. The molecule has 0 aliphatic rings. The summed E-state index contributed by atoms with van der Waals surface area (Å²) in [6, 6.07) is 2.14. The number of aryl methyl sites for hydroxylation is 2. The first-order valence-corrected chi connectivity index (χ1v) is 5.07. The van der Waals surface area contributed by atoms with Gasteiger partial charge in [-0.1, -0.05) is 13.0 Å². The molecule has 2 heteroatoms. The molecule has 0 aliphatic heterocycles. The summed E-state index contributed by atoms with van der Waals surface area (Å²) in [5.74, 6) is 0.544. The molecule has 1 rings (SSSR count). The first kappa shape index (κ1) is 10.9.